The fourth-order valence-electron chi connectivity index (χ4n) is 3.01. The Kier molecular flexibility index (Phi) is 5.05. The van der Waals surface area contributed by atoms with Gasteiger partial charge in [-0.2, -0.15) is 0 Å². The van der Waals surface area contributed by atoms with Crippen LogP contribution in [-0.4, -0.2) is 27.0 Å². The molecule has 2 aromatic carbocycles. The molecule has 0 radical (unpaired) electrons. The summed E-state index contributed by atoms with van der Waals surface area (Å²) < 4.78 is 6.27. The third-order valence-corrected chi connectivity index (χ3v) is 5.20. The molecule has 0 aliphatic carbocycles. The molecule has 29 heavy (non-hydrogen) atoms. The maximum absolute atomic E-state index is 11.3. The number of nitrogens with zero attached hydrogens (tertiary/aromatic N) is 4. The average molecular weight is 407 g/mol. The van der Waals surface area contributed by atoms with Crippen molar-refractivity contribution < 1.29 is 9.66 Å². The second-order valence-corrected chi connectivity index (χ2v) is 7.21. The van der Waals surface area contributed by atoms with E-state index in [-0.39, 0.29) is 12.2 Å². The van der Waals surface area contributed by atoms with Gasteiger partial charge in [-0.1, -0.05) is 6.07 Å². The molecule has 0 unspecified atom stereocenters. The Morgan fingerprint density at radius 1 is 1.17 bits per heavy atom. The van der Waals surface area contributed by atoms with Gasteiger partial charge in [-0.25, -0.2) is 15.0 Å². The summed E-state index contributed by atoms with van der Waals surface area (Å²) in [6.07, 6.45) is 0. The van der Waals surface area contributed by atoms with E-state index in [0.717, 1.165) is 21.5 Å². The third-order valence-electron chi connectivity index (χ3n) is 4.41. The largest absolute Gasteiger partial charge is 0.497 e. The Balaban J connectivity index is 1.62. The number of anilines is 1. The van der Waals surface area contributed by atoms with Gasteiger partial charge in [0, 0.05) is 24.2 Å². The average Bonchev–Trinajstić information content (AvgIpc) is 3.19. The standard InChI is InChI=1S/C20H17N5O3S/c1-12-23-17(13-3-5-16-19(8-13)29-11-22-16)9-20(24-12)21-10-14-7-15(28-2)4-6-18(14)25(26)27/h3-9,11H,10H2,1-2H3,(H,21,23,24). The molecule has 0 aliphatic rings. The molecule has 9 heteroatoms. The highest BCUT2D eigenvalue weighted by atomic mass is 32.1. The molecule has 4 aromatic rings. The Morgan fingerprint density at radius 2 is 2.03 bits per heavy atom. The van der Waals surface area contributed by atoms with Crippen molar-refractivity contribution in [3.05, 3.63) is 69.5 Å². The van der Waals surface area contributed by atoms with Crippen molar-refractivity contribution >= 4 is 33.1 Å². The van der Waals surface area contributed by atoms with Crippen LogP contribution in [0.1, 0.15) is 11.4 Å². The van der Waals surface area contributed by atoms with Gasteiger partial charge in [0.25, 0.3) is 5.69 Å². The smallest absolute Gasteiger partial charge is 0.274 e. The van der Waals surface area contributed by atoms with Crippen LogP contribution in [0.15, 0.2) is 48.0 Å². The summed E-state index contributed by atoms with van der Waals surface area (Å²) in [4.78, 5) is 24.1. The number of nitro groups is 1. The maximum atomic E-state index is 11.3. The summed E-state index contributed by atoms with van der Waals surface area (Å²) in [7, 11) is 1.53. The summed E-state index contributed by atoms with van der Waals surface area (Å²) in [5.74, 6) is 1.76. The second-order valence-electron chi connectivity index (χ2n) is 6.33. The summed E-state index contributed by atoms with van der Waals surface area (Å²) in [6.45, 7) is 2.05. The Bertz CT molecular complexity index is 1210. The van der Waals surface area contributed by atoms with Crippen LogP contribution in [0, 0.1) is 17.0 Å². The highest BCUT2D eigenvalue weighted by molar-refractivity contribution is 7.16. The van der Waals surface area contributed by atoms with Gasteiger partial charge < -0.3 is 10.1 Å². The maximum Gasteiger partial charge on any atom is 0.274 e. The number of hydrogen-bond donors (Lipinski definition) is 1. The minimum atomic E-state index is -0.405. The lowest BCUT2D eigenvalue weighted by Gasteiger charge is -2.10. The number of methoxy groups -OCH3 is 1. The highest BCUT2D eigenvalue weighted by Gasteiger charge is 2.15. The van der Waals surface area contributed by atoms with Gasteiger partial charge in [0.15, 0.2) is 0 Å². The number of thiazole rings is 1. The Hall–Kier alpha value is -3.59. The number of aromatic nitrogens is 3. The van der Waals surface area contributed by atoms with Crippen molar-refractivity contribution in [3.8, 4) is 17.0 Å². The van der Waals surface area contributed by atoms with Gasteiger partial charge in [-0.05, 0) is 31.2 Å². The van der Waals surface area contributed by atoms with Crippen molar-refractivity contribution in [2.45, 2.75) is 13.5 Å². The first kappa shape index (κ1) is 18.8. The van der Waals surface area contributed by atoms with Crippen LogP contribution in [0.5, 0.6) is 5.75 Å². The highest BCUT2D eigenvalue weighted by Crippen LogP contribution is 2.28. The van der Waals surface area contributed by atoms with E-state index in [2.05, 4.69) is 20.3 Å². The lowest BCUT2D eigenvalue weighted by atomic mass is 10.1. The first-order valence-electron chi connectivity index (χ1n) is 8.78. The fourth-order valence-corrected chi connectivity index (χ4v) is 3.73. The quantitative estimate of drug-likeness (QED) is 0.368. The number of fused-ring (bicyclic) bond motifs is 1. The van der Waals surface area contributed by atoms with Crippen LogP contribution in [0.2, 0.25) is 0 Å². The molecule has 8 nitrogen and oxygen atoms in total. The zero-order valence-electron chi connectivity index (χ0n) is 15.7. The minimum absolute atomic E-state index is 0.0277. The van der Waals surface area contributed by atoms with E-state index in [1.165, 1.54) is 13.2 Å². The van der Waals surface area contributed by atoms with E-state index < -0.39 is 4.92 Å². The minimum Gasteiger partial charge on any atom is -0.497 e. The molecule has 2 aromatic heterocycles. The zero-order valence-corrected chi connectivity index (χ0v) is 16.6. The molecule has 146 valence electrons. The SMILES string of the molecule is COc1ccc([N+](=O)[O-])c(CNc2cc(-c3ccc4ncsc4c3)nc(C)n2)c1. The molecule has 0 atom stereocenters. The predicted molar refractivity (Wildman–Crippen MR) is 112 cm³/mol. The molecule has 0 amide bonds. The van der Waals surface area contributed by atoms with E-state index >= 15 is 0 Å². The zero-order chi connectivity index (χ0) is 20.4. The monoisotopic (exact) mass is 407 g/mol. The first-order chi connectivity index (χ1) is 14.0. The summed E-state index contributed by atoms with van der Waals surface area (Å²) in [5, 5.41) is 14.5. The number of nitro benzene ring substituents is 1. The van der Waals surface area contributed by atoms with Crippen LogP contribution in [0.4, 0.5) is 11.5 Å². The third kappa shape index (κ3) is 3.99. The Labute approximate surface area is 170 Å². The van der Waals surface area contributed by atoms with Gasteiger partial charge in [0.05, 0.1) is 39.0 Å². The van der Waals surface area contributed by atoms with Crippen molar-refractivity contribution in [2.24, 2.45) is 0 Å². The summed E-state index contributed by atoms with van der Waals surface area (Å²) >= 11 is 1.57. The summed E-state index contributed by atoms with van der Waals surface area (Å²) in [6, 6.07) is 12.5. The fraction of sp³-hybridized carbons (Fsp3) is 0.150. The topological polar surface area (TPSA) is 103 Å². The van der Waals surface area contributed by atoms with Gasteiger partial charge in [0.2, 0.25) is 0 Å². The molecule has 0 saturated heterocycles. The number of benzene rings is 2. The van der Waals surface area contributed by atoms with E-state index in [4.69, 9.17) is 4.74 Å². The van der Waals surface area contributed by atoms with E-state index in [9.17, 15) is 10.1 Å². The predicted octanol–water partition coefficient (Wildman–Crippen LogP) is 4.59. The number of hydrogen-bond acceptors (Lipinski definition) is 8. The number of nitrogens with one attached hydrogen (secondary N) is 1. The molecule has 2 heterocycles. The molecule has 0 bridgehead atoms. The molecule has 4 rings (SSSR count). The van der Waals surface area contributed by atoms with E-state index in [0.29, 0.717) is 23.0 Å². The number of rotatable bonds is 6. The van der Waals surface area contributed by atoms with Crippen LogP contribution >= 0.6 is 11.3 Å². The Morgan fingerprint density at radius 3 is 2.83 bits per heavy atom. The molecule has 0 fully saturated rings. The summed E-state index contributed by atoms with van der Waals surface area (Å²) in [5.41, 5.74) is 5.04. The van der Waals surface area contributed by atoms with Crippen LogP contribution < -0.4 is 10.1 Å². The van der Waals surface area contributed by atoms with Crippen molar-refractivity contribution in [1.29, 1.82) is 0 Å². The lowest BCUT2D eigenvalue weighted by molar-refractivity contribution is -0.385. The second kappa shape index (κ2) is 7.80. The molecular weight excluding hydrogens is 390 g/mol. The molecule has 0 aliphatic heterocycles. The van der Waals surface area contributed by atoms with Gasteiger partial charge in [0.1, 0.15) is 17.4 Å². The van der Waals surface area contributed by atoms with Gasteiger partial charge in [-0.3, -0.25) is 10.1 Å². The number of aryl methyl sites for hydroxylation is 1. The normalized spacial score (nSPS) is 10.8. The first-order valence-corrected chi connectivity index (χ1v) is 9.66. The van der Waals surface area contributed by atoms with Crippen LogP contribution in [0.3, 0.4) is 0 Å². The lowest BCUT2D eigenvalue weighted by Crippen LogP contribution is -2.06. The molecule has 0 spiro atoms. The van der Waals surface area contributed by atoms with E-state index in [1.54, 1.807) is 23.5 Å². The molecular formula is C20H17N5O3S. The molecule has 1 N–H and O–H groups in total. The van der Waals surface area contributed by atoms with Gasteiger partial charge in [-0.15, -0.1) is 11.3 Å². The van der Waals surface area contributed by atoms with Crippen LogP contribution in [-0.2, 0) is 6.54 Å². The molecule has 0 saturated carbocycles. The van der Waals surface area contributed by atoms with Gasteiger partial charge >= 0.3 is 0 Å². The van der Waals surface area contributed by atoms with E-state index in [1.807, 2.05) is 36.7 Å². The van der Waals surface area contributed by atoms with Crippen molar-refractivity contribution in [2.75, 3.05) is 12.4 Å². The van der Waals surface area contributed by atoms with Crippen molar-refractivity contribution in [1.82, 2.24) is 15.0 Å². The number of ether oxygens (including phenoxy) is 1. The van der Waals surface area contributed by atoms with Crippen molar-refractivity contribution in [3.63, 3.8) is 0 Å². The van der Waals surface area contributed by atoms with Crippen LogP contribution in [0.25, 0.3) is 21.5 Å².